The average molecular weight is 401 g/mol. The first kappa shape index (κ1) is 21.8. The van der Waals surface area contributed by atoms with E-state index in [1.807, 2.05) is 32.3 Å². The normalized spacial score (nSPS) is 21.7. The van der Waals surface area contributed by atoms with Crippen LogP contribution in [0.25, 0.3) is 0 Å². The molecule has 0 saturated carbocycles. The van der Waals surface area contributed by atoms with Gasteiger partial charge in [0.1, 0.15) is 0 Å². The van der Waals surface area contributed by atoms with Crippen LogP contribution < -0.4 is 5.32 Å². The van der Waals surface area contributed by atoms with Gasteiger partial charge in [0.2, 0.25) is 11.8 Å². The molecule has 1 N–H and O–H groups in total. The second kappa shape index (κ2) is 10.7. The second-order valence-electron chi connectivity index (χ2n) is 8.66. The Bertz CT molecular complexity index is 656. The number of nitrogens with one attached hydrogen (secondary N) is 1. The summed E-state index contributed by atoms with van der Waals surface area (Å²) in [6.07, 6.45) is 5.14. The zero-order valence-corrected chi connectivity index (χ0v) is 18.0. The molecule has 29 heavy (non-hydrogen) atoms. The molecule has 2 aliphatic heterocycles. The lowest BCUT2D eigenvalue weighted by Crippen LogP contribution is -2.51. The highest BCUT2D eigenvalue weighted by Crippen LogP contribution is 2.24. The Balaban J connectivity index is 1.40. The summed E-state index contributed by atoms with van der Waals surface area (Å²) in [7, 11) is 3.63. The number of hydrogen-bond acceptors (Lipinski definition) is 4. The molecule has 0 bridgehead atoms. The lowest BCUT2D eigenvalue weighted by molar-refractivity contribution is -0.131. The van der Waals surface area contributed by atoms with E-state index in [1.165, 1.54) is 5.56 Å². The molecule has 1 aromatic rings. The van der Waals surface area contributed by atoms with Gasteiger partial charge in [-0.15, -0.1) is 0 Å². The first-order valence-corrected chi connectivity index (χ1v) is 11.0. The lowest BCUT2D eigenvalue weighted by Gasteiger charge is -2.42. The first-order chi connectivity index (χ1) is 14.0. The van der Waals surface area contributed by atoms with Gasteiger partial charge in [-0.25, -0.2) is 0 Å². The fourth-order valence-corrected chi connectivity index (χ4v) is 4.45. The first-order valence-electron chi connectivity index (χ1n) is 11.0. The third-order valence-electron chi connectivity index (χ3n) is 6.31. The Morgan fingerprint density at radius 3 is 2.48 bits per heavy atom. The molecule has 1 atom stereocenters. The van der Waals surface area contributed by atoms with Crippen LogP contribution in [0.4, 0.5) is 0 Å². The van der Waals surface area contributed by atoms with Gasteiger partial charge in [0, 0.05) is 46.3 Å². The summed E-state index contributed by atoms with van der Waals surface area (Å²) >= 11 is 0. The van der Waals surface area contributed by atoms with Crippen molar-refractivity contribution in [2.24, 2.45) is 5.92 Å². The van der Waals surface area contributed by atoms with Gasteiger partial charge in [-0.05, 0) is 44.2 Å². The van der Waals surface area contributed by atoms with Crippen molar-refractivity contribution in [3.05, 3.63) is 35.9 Å². The fourth-order valence-electron chi connectivity index (χ4n) is 4.45. The van der Waals surface area contributed by atoms with E-state index >= 15 is 0 Å². The summed E-state index contributed by atoms with van der Waals surface area (Å²) in [5.41, 5.74) is 1.26. The molecule has 160 valence electrons. The lowest BCUT2D eigenvalue weighted by atomic mass is 9.93. The van der Waals surface area contributed by atoms with Crippen molar-refractivity contribution in [3.63, 3.8) is 0 Å². The Morgan fingerprint density at radius 1 is 1.07 bits per heavy atom. The number of carbonyl (C=O) groups is 2. The Hall–Kier alpha value is -1.92. The van der Waals surface area contributed by atoms with Crippen LogP contribution in [0.3, 0.4) is 0 Å². The Morgan fingerprint density at radius 2 is 1.79 bits per heavy atom. The minimum Gasteiger partial charge on any atom is -0.355 e. The summed E-state index contributed by atoms with van der Waals surface area (Å²) in [5, 5.41) is 3.15. The van der Waals surface area contributed by atoms with E-state index in [0.29, 0.717) is 19.1 Å². The third kappa shape index (κ3) is 6.54. The van der Waals surface area contributed by atoms with E-state index in [1.54, 1.807) is 4.90 Å². The third-order valence-corrected chi connectivity index (χ3v) is 6.31. The van der Waals surface area contributed by atoms with Crippen molar-refractivity contribution in [2.75, 3.05) is 53.4 Å². The number of likely N-dealkylation sites (N-methyl/N-ethyl adjacent to an activating group) is 1. The maximum Gasteiger partial charge on any atom is 0.236 e. The van der Waals surface area contributed by atoms with E-state index in [4.69, 9.17) is 0 Å². The van der Waals surface area contributed by atoms with Gasteiger partial charge in [0.05, 0.1) is 12.5 Å². The highest BCUT2D eigenvalue weighted by molar-refractivity contribution is 5.79. The molecule has 1 unspecified atom stereocenters. The largest absolute Gasteiger partial charge is 0.355 e. The maximum absolute atomic E-state index is 12.7. The van der Waals surface area contributed by atoms with Gasteiger partial charge in [0.25, 0.3) is 0 Å². The quantitative estimate of drug-likeness (QED) is 0.756. The number of hydrogen-bond donors (Lipinski definition) is 1. The minimum absolute atomic E-state index is 0.105. The van der Waals surface area contributed by atoms with Gasteiger partial charge in [0.15, 0.2) is 0 Å². The zero-order chi connectivity index (χ0) is 20.6. The van der Waals surface area contributed by atoms with Crippen molar-refractivity contribution in [3.8, 4) is 0 Å². The van der Waals surface area contributed by atoms with Crippen molar-refractivity contribution < 1.29 is 9.59 Å². The number of rotatable bonds is 7. The number of nitrogens with zero attached hydrogens (tertiary/aromatic N) is 3. The molecule has 2 saturated heterocycles. The minimum atomic E-state index is 0.105. The number of benzene rings is 1. The van der Waals surface area contributed by atoms with Crippen LogP contribution in [0.15, 0.2) is 30.3 Å². The summed E-state index contributed by atoms with van der Waals surface area (Å²) in [5.74, 6) is 0.487. The van der Waals surface area contributed by atoms with E-state index < -0.39 is 0 Å². The van der Waals surface area contributed by atoms with Crippen molar-refractivity contribution in [1.29, 1.82) is 0 Å². The highest BCUT2D eigenvalue weighted by atomic mass is 16.2. The van der Waals surface area contributed by atoms with Crippen LogP contribution in [0.5, 0.6) is 0 Å². The van der Waals surface area contributed by atoms with Crippen LogP contribution in [-0.4, -0.2) is 85.9 Å². The van der Waals surface area contributed by atoms with E-state index in [0.717, 1.165) is 58.3 Å². The fraction of sp³-hybridized carbons (Fsp3) is 0.652. The highest BCUT2D eigenvalue weighted by Gasteiger charge is 2.31. The molecular formula is C23H36N4O2. The van der Waals surface area contributed by atoms with Crippen LogP contribution in [0.2, 0.25) is 0 Å². The molecule has 6 nitrogen and oxygen atoms in total. The Kier molecular flexibility index (Phi) is 8.07. The molecule has 2 fully saturated rings. The molecule has 2 heterocycles. The molecular weight excluding hydrogens is 364 g/mol. The average Bonchev–Trinajstić information content (AvgIpc) is 2.75. The number of amides is 2. The van der Waals surface area contributed by atoms with Gasteiger partial charge in [-0.2, -0.15) is 0 Å². The molecule has 2 aliphatic rings. The van der Waals surface area contributed by atoms with Crippen LogP contribution in [0.1, 0.15) is 31.2 Å². The number of carbonyl (C=O) groups excluding carboxylic acids is 2. The molecule has 0 spiro atoms. The molecule has 6 heteroatoms. The Labute approximate surface area is 175 Å². The van der Waals surface area contributed by atoms with Crippen molar-refractivity contribution in [2.45, 2.75) is 38.1 Å². The summed E-state index contributed by atoms with van der Waals surface area (Å²) < 4.78 is 0. The van der Waals surface area contributed by atoms with Gasteiger partial charge >= 0.3 is 0 Å². The van der Waals surface area contributed by atoms with Crippen molar-refractivity contribution in [1.82, 2.24) is 20.0 Å². The van der Waals surface area contributed by atoms with E-state index in [-0.39, 0.29) is 17.7 Å². The smallest absolute Gasteiger partial charge is 0.236 e. The number of likely N-dealkylation sites (tertiary alicyclic amines) is 2. The summed E-state index contributed by atoms with van der Waals surface area (Å²) in [6, 6.07) is 10.8. The zero-order valence-electron chi connectivity index (χ0n) is 18.0. The molecule has 0 aromatic heterocycles. The van der Waals surface area contributed by atoms with Gasteiger partial charge in [-0.1, -0.05) is 30.3 Å². The van der Waals surface area contributed by atoms with E-state index in [9.17, 15) is 9.59 Å². The van der Waals surface area contributed by atoms with Crippen LogP contribution in [-0.2, 0) is 16.0 Å². The van der Waals surface area contributed by atoms with Gasteiger partial charge < -0.3 is 10.2 Å². The topological polar surface area (TPSA) is 55.9 Å². The van der Waals surface area contributed by atoms with Crippen LogP contribution >= 0.6 is 0 Å². The summed E-state index contributed by atoms with van der Waals surface area (Å²) in [4.78, 5) is 31.0. The maximum atomic E-state index is 12.7. The van der Waals surface area contributed by atoms with Crippen LogP contribution in [0, 0.1) is 5.92 Å². The van der Waals surface area contributed by atoms with Gasteiger partial charge in [-0.3, -0.25) is 19.4 Å². The second-order valence-corrected chi connectivity index (χ2v) is 8.66. The number of piperidine rings is 2. The summed E-state index contributed by atoms with van der Waals surface area (Å²) in [6.45, 7) is 5.13. The van der Waals surface area contributed by atoms with Crippen molar-refractivity contribution >= 4 is 11.8 Å². The molecule has 1 aromatic carbocycles. The standard InChI is InChI=1S/C23H36N4O2/c1-25(2)22(28)18-26-15-11-21(12-16-26)27-14-6-9-20(17-27)23(29)24-13-10-19-7-4-3-5-8-19/h3-5,7-8,20-21H,6,9-18H2,1-2H3,(H,24,29). The molecule has 2 amide bonds. The molecule has 0 aliphatic carbocycles. The monoisotopic (exact) mass is 400 g/mol. The SMILES string of the molecule is CN(C)C(=O)CN1CCC(N2CCCC(C(=O)NCCc3ccccc3)C2)CC1. The molecule has 0 radical (unpaired) electrons. The predicted molar refractivity (Wildman–Crippen MR) is 116 cm³/mol. The van der Waals surface area contributed by atoms with E-state index in [2.05, 4.69) is 27.2 Å². The molecule has 3 rings (SSSR count). The predicted octanol–water partition coefficient (Wildman–Crippen LogP) is 1.61.